The molecule has 4 nitrogen and oxygen atoms in total. The molecule has 18 heavy (non-hydrogen) atoms. The summed E-state index contributed by atoms with van der Waals surface area (Å²) in [5.74, 6) is 0. The Balaban J connectivity index is 1.52. The summed E-state index contributed by atoms with van der Waals surface area (Å²) in [7, 11) is 0. The highest BCUT2D eigenvalue weighted by molar-refractivity contribution is 4.73. The average Bonchev–Trinajstić information content (AvgIpc) is 2.35. The van der Waals surface area contributed by atoms with Gasteiger partial charge in [-0.1, -0.05) is 0 Å². The van der Waals surface area contributed by atoms with Gasteiger partial charge in [0.15, 0.2) is 0 Å². The molecule has 0 aromatic carbocycles. The van der Waals surface area contributed by atoms with Crippen LogP contribution in [0.15, 0.2) is 0 Å². The van der Waals surface area contributed by atoms with Gasteiger partial charge in [0.2, 0.25) is 0 Å². The summed E-state index contributed by atoms with van der Waals surface area (Å²) in [4.78, 5) is 4.78. The molecule has 2 heterocycles. The van der Waals surface area contributed by atoms with Gasteiger partial charge in [-0.05, 0) is 64.7 Å². The van der Waals surface area contributed by atoms with Crippen molar-refractivity contribution in [2.75, 3.05) is 39.3 Å². The molecule has 2 fully saturated rings. The van der Waals surface area contributed by atoms with Gasteiger partial charge in [0, 0.05) is 13.1 Å². The Bertz CT molecular complexity index is 214. The largest absolute Gasteiger partial charge is 0.392 e. The predicted octanol–water partition coefficient (Wildman–Crippen LogP) is 0.680. The van der Waals surface area contributed by atoms with Crippen molar-refractivity contribution in [2.45, 2.75) is 50.7 Å². The zero-order valence-corrected chi connectivity index (χ0v) is 11.4. The Morgan fingerprint density at radius 1 is 0.778 bits per heavy atom. The molecule has 2 rings (SSSR count). The molecule has 2 unspecified atom stereocenters. The monoisotopic (exact) mass is 256 g/mol. The third kappa shape index (κ3) is 4.84. The van der Waals surface area contributed by atoms with Crippen LogP contribution >= 0.6 is 0 Å². The maximum atomic E-state index is 9.59. The summed E-state index contributed by atoms with van der Waals surface area (Å²) in [5, 5.41) is 19.2. The number of unbranched alkanes of at least 4 members (excludes halogenated alkanes) is 1. The Hall–Kier alpha value is -0.160. The number of rotatable bonds is 5. The molecule has 2 atom stereocenters. The molecule has 4 heteroatoms. The van der Waals surface area contributed by atoms with E-state index in [2.05, 4.69) is 9.80 Å². The number of β-amino-alcohol motifs (C(OH)–C–C–N with tert-alkyl or cyclic N) is 2. The first kappa shape index (κ1) is 14.3. The van der Waals surface area contributed by atoms with Crippen LogP contribution in [0.3, 0.4) is 0 Å². The van der Waals surface area contributed by atoms with E-state index in [1.807, 2.05) is 0 Å². The van der Waals surface area contributed by atoms with Crippen molar-refractivity contribution >= 4 is 0 Å². The van der Waals surface area contributed by atoms with Crippen LogP contribution < -0.4 is 0 Å². The highest BCUT2D eigenvalue weighted by Crippen LogP contribution is 2.12. The maximum Gasteiger partial charge on any atom is 0.0667 e. The fourth-order valence-corrected chi connectivity index (χ4v) is 3.14. The van der Waals surface area contributed by atoms with E-state index in [9.17, 15) is 10.2 Å². The van der Waals surface area contributed by atoms with E-state index in [1.54, 1.807) is 0 Å². The van der Waals surface area contributed by atoms with Crippen molar-refractivity contribution in [3.63, 3.8) is 0 Å². The van der Waals surface area contributed by atoms with Gasteiger partial charge in [0.05, 0.1) is 12.2 Å². The molecule has 2 N–H and O–H groups in total. The summed E-state index contributed by atoms with van der Waals surface area (Å²) < 4.78 is 0. The Morgan fingerprint density at radius 3 is 1.61 bits per heavy atom. The van der Waals surface area contributed by atoms with Crippen molar-refractivity contribution < 1.29 is 10.2 Å². The molecule has 0 aliphatic carbocycles. The summed E-state index contributed by atoms with van der Waals surface area (Å²) in [5.41, 5.74) is 0. The van der Waals surface area contributed by atoms with Crippen LogP contribution in [0.25, 0.3) is 0 Å². The summed E-state index contributed by atoms with van der Waals surface area (Å²) in [6, 6.07) is 0. The van der Waals surface area contributed by atoms with Crippen LogP contribution in [0.1, 0.15) is 38.5 Å². The second-order valence-corrected chi connectivity index (χ2v) is 5.90. The molecule has 2 saturated heterocycles. The normalized spacial score (nSPS) is 31.7. The van der Waals surface area contributed by atoms with Crippen LogP contribution in [0.4, 0.5) is 0 Å². The minimum absolute atomic E-state index is 0.101. The zero-order chi connectivity index (χ0) is 12.8. The van der Waals surface area contributed by atoms with Gasteiger partial charge < -0.3 is 20.0 Å². The van der Waals surface area contributed by atoms with Gasteiger partial charge in [0.25, 0.3) is 0 Å². The predicted molar refractivity (Wildman–Crippen MR) is 72.6 cm³/mol. The van der Waals surface area contributed by atoms with Crippen LogP contribution in [-0.4, -0.2) is 71.5 Å². The van der Waals surface area contributed by atoms with Gasteiger partial charge in [0.1, 0.15) is 0 Å². The van der Waals surface area contributed by atoms with E-state index < -0.39 is 0 Å². The second kappa shape index (κ2) is 7.43. The molecule has 106 valence electrons. The van der Waals surface area contributed by atoms with Crippen molar-refractivity contribution in [1.29, 1.82) is 0 Å². The number of likely N-dealkylation sites (tertiary alicyclic amines) is 2. The number of aliphatic hydroxyl groups is 2. The molecular weight excluding hydrogens is 228 g/mol. The van der Waals surface area contributed by atoms with Crippen molar-refractivity contribution in [1.82, 2.24) is 9.80 Å². The standard InChI is InChI=1S/C14H28N2O2/c17-13-5-3-9-15(11-13)7-1-2-8-16-10-4-6-14(18)12-16/h13-14,17-18H,1-12H2. The molecule has 0 aromatic rings. The quantitative estimate of drug-likeness (QED) is 0.710. The zero-order valence-electron chi connectivity index (χ0n) is 11.4. The number of nitrogens with zero attached hydrogens (tertiary/aromatic N) is 2. The Kier molecular flexibility index (Phi) is 5.89. The Morgan fingerprint density at radius 2 is 1.22 bits per heavy atom. The van der Waals surface area contributed by atoms with E-state index in [0.717, 1.165) is 65.0 Å². The SMILES string of the molecule is OC1CCCN(CCCCN2CCCC(O)C2)C1. The van der Waals surface area contributed by atoms with Crippen molar-refractivity contribution in [2.24, 2.45) is 0 Å². The van der Waals surface area contributed by atoms with E-state index in [0.29, 0.717) is 0 Å². The molecule has 0 radical (unpaired) electrons. The topological polar surface area (TPSA) is 46.9 Å². The lowest BCUT2D eigenvalue weighted by atomic mass is 10.1. The molecule has 0 spiro atoms. The van der Waals surface area contributed by atoms with Gasteiger partial charge in [-0.3, -0.25) is 0 Å². The minimum Gasteiger partial charge on any atom is -0.392 e. The molecule has 0 saturated carbocycles. The lowest BCUT2D eigenvalue weighted by molar-refractivity contribution is 0.0623. The van der Waals surface area contributed by atoms with Crippen molar-refractivity contribution in [3.8, 4) is 0 Å². The summed E-state index contributed by atoms with van der Waals surface area (Å²) >= 11 is 0. The van der Waals surface area contributed by atoms with Gasteiger partial charge >= 0.3 is 0 Å². The molecule has 0 aromatic heterocycles. The third-order valence-electron chi connectivity index (χ3n) is 4.16. The van der Waals surface area contributed by atoms with E-state index in [4.69, 9.17) is 0 Å². The molecule has 0 bridgehead atoms. The van der Waals surface area contributed by atoms with Crippen LogP contribution in [-0.2, 0) is 0 Å². The van der Waals surface area contributed by atoms with E-state index in [1.165, 1.54) is 12.8 Å². The smallest absolute Gasteiger partial charge is 0.0667 e. The lowest BCUT2D eigenvalue weighted by Gasteiger charge is -2.31. The molecule has 2 aliphatic rings. The summed E-state index contributed by atoms with van der Waals surface area (Å²) in [6.07, 6.45) is 6.44. The van der Waals surface area contributed by atoms with Gasteiger partial charge in [-0.25, -0.2) is 0 Å². The number of hydrogen-bond acceptors (Lipinski definition) is 4. The van der Waals surface area contributed by atoms with Gasteiger partial charge in [-0.2, -0.15) is 0 Å². The first-order valence-corrected chi connectivity index (χ1v) is 7.55. The first-order valence-electron chi connectivity index (χ1n) is 7.55. The fourth-order valence-electron chi connectivity index (χ4n) is 3.14. The summed E-state index contributed by atoms with van der Waals surface area (Å²) in [6.45, 7) is 6.27. The highest BCUT2D eigenvalue weighted by Gasteiger charge is 2.18. The highest BCUT2D eigenvalue weighted by atomic mass is 16.3. The minimum atomic E-state index is -0.101. The first-order chi connectivity index (χ1) is 8.74. The molecule has 2 aliphatic heterocycles. The van der Waals surface area contributed by atoms with Crippen LogP contribution in [0.2, 0.25) is 0 Å². The molecule has 0 amide bonds. The number of aliphatic hydroxyl groups excluding tert-OH is 2. The van der Waals surface area contributed by atoms with Crippen molar-refractivity contribution in [3.05, 3.63) is 0 Å². The maximum absolute atomic E-state index is 9.59. The Labute approximate surface area is 111 Å². The fraction of sp³-hybridized carbons (Fsp3) is 1.00. The van der Waals surface area contributed by atoms with Crippen LogP contribution in [0.5, 0.6) is 0 Å². The van der Waals surface area contributed by atoms with Gasteiger partial charge in [-0.15, -0.1) is 0 Å². The second-order valence-electron chi connectivity index (χ2n) is 5.90. The number of hydrogen-bond donors (Lipinski definition) is 2. The van der Waals surface area contributed by atoms with Crippen LogP contribution in [0, 0.1) is 0 Å². The van der Waals surface area contributed by atoms with E-state index >= 15 is 0 Å². The third-order valence-corrected chi connectivity index (χ3v) is 4.16. The lowest BCUT2D eigenvalue weighted by Crippen LogP contribution is -2.40. The average molecular weight is 256 g/mol. The molecular formula is C14H28N2O2. The number of piperidine rings is 2. The van der Waals surface area contributed by atoms with E-state index in [-0.39, 0.29) is 12.2 Å².